The fourth-order valence-corrected chi connectivity index (χ4v) is 2.41. The van der Waals surface area contributed by atoms with Crippen LogP contribution in [0.1, 0.15) is 25.7 Å². The summed E-state index contributed by atoms with van der Waals surface area (Å²) >= 11 is 0. The second-order valence-electron chi connectivity index (χ2n) is 6.22. The fourth-order valence-electron chi connectivity index (χ4n) is 1.97. The summed E-state index contributed by atoms with van der Waals surface area (Å²) in [6.45, 7) is 0. The molecule has 0 heterocycles. The minimum absolute atomic E-state index is 0. The Morgan fingerprint density at radius 1 is 0.636 bits per heavy atom. The average Bonchev–Trinajstić information content (AvgIpc) is 2.55. The SMILES string of the molecule is O=S(=O)([O-])C(F)(F)C(F)(F)C(F)(F)C(F)(F)C(F)(F)C(F)(F)C(F)CCCCC(F)(F)F.[K+]. The van der Waals surface area contributed by atoms with Gasteiger partial charge in [-0.3, -0.25) is 0 Å². The zero-order chi connectivity index (χ0) is 26.4. The van der Waals surface area contributed by atoms with E-state index in [1.807, 2.05) is 0 Å². The first kappa shape index (κ1) is 35.6. The third-order valence-corrected chi connectivity index (χ3v) is 4.73. The molecule has 0 aromatic rings. The van der Waals surface area contributed by atoms with Gasteiger partial charge < -0.3 is 4.55 Å². The molecule has 0 aromatic heterocycles. The van der Waals surface area contributed by atoms with Crippen molar-refractivity contribution in [2.75, 3.05) is 0 Å². The molecule has 0 N–H and O–H groups in total. The smallest absolute Gasteiger partial charge is 0.743 e. The van der Waals surface area contributed by atoms with Crippen LogP contribution < -0.4 is 51.4 Å². The van der Waals surface area contributed by atoms with Crippen molar-refractivity contribution < 1.29 is 135 Å². The van der Waals surface area contributed by atoms with Crippen LogP contribution in [0.15, 0.2) is 0 Å². The molecule has 0 amide bonds. The molecule has 1 atom stereocenters. The van der Waals surface area contributed by atoms with Crippen molar-refractivity contribution in [3.05, 3.63) is 0 Å². The first-order valence-electron chi connectivity index (χ1n) is 7.56. The molecule has 0 aliphatic rings. The van der Waals surface area contributed by atoms with Crippen LogP contribution >= 0.6 is 0 Å². The van der Waals surface area contributed by atoms with Gasteiger partial charge in [0.25, 0.3) is 0 Å². The van der Waals surface area contributed by atoms with Crippen LogP contribution in [0.4, 0.5) is 70.2 Å². The Labute approximate surface area is 216 Å². The molecule has 3 nitrogen and oxygen atoms in total. The molecule has 0 aliphatic carbocycles. The van der Waals surface area contributed by atoms with Crippen LogP contribution in [0.2, 0.25) is 0 Å². The fraction of sp³-hybridized carbons (Fsp3) is 1.00. The van der Waals surface area contributed by atoms with E-state index in [1.54, 1.807) is 0 Å². The molecule has 0 fully saturated rings. The first-order chi connectivity index (χ1) is 13.6. The first-order valence-corrected chi connectivity index (χ1v) is 8.97. The third-order valence-electron chi connectivity index (χ3n) is 3.84. The Balaban J connectivity index is 0. The minimum Gasteiger partial charge on any atom is -0.743 e. The van der Waals surface area contributed by atoms with Gasteiger partial charge in [0.2, 0.25) is 0 Å². The number of alkyl halides is 16. The van der Waals surface area contributed by atoms with Gasteiger partial charge >= 0.3 is 92.4 Å². The van der Waals surface area contributed by atoms with Crippen molar-refractivity contribution in [1.82, 2.24) is 0 Å². The van der Waals surface area contributed by atoms with Crippen molar-refractivity contribution in [2.24, 2.45) is 0 Å². The monoisotopic (exact) mass is 576 g/mol. The predicted molar refractivity (Wildman–Crippen MR) is 68.8 cm³/mol. The molecule has 0 aromatic carbocycles. The molecule has 0 radical (unpaired) electrons. The Hall–Kier alpha value is 0.426. The van der Waals surface area contributed by atoms with E-state index in [4.69, 9.17) is 0 Å². The second kappa shape index (κ2) is 10.4. The molecule has 0 bridgehead atoms. The normalized spacial score (nSPS) is 16.4. The molecular formula is C12H9F16KO3S. The summed E-state index contributed by atoms with van der Waals surface area (Å²) in [5.41, 5.74) is 0. The summed E-state index contributed by atoms with van der Waals surface area (Å²) in [6.07, 6.45) is -16.2. The van der Waals surface area contributed by atoms with Gasteiger partial charge in [0.05, 0.1) is 0 Å². The van der Waals surface area contributed by atoms with Crippen LogP contribution in [-0.2, 0) is 10.1 Å². The topological polar surface area (TPSA) is 57.2 Å². The average molecular weight is 576 g/mol. The van der Waals surface area contributed by atoms with Gasteiger partial charge in [-0.05, 0) is 19.3 Å². The second-order valence-corrected chi connectivity index (χ2v) is 7.64. The summed E-state index contributed by atoms with van der Waals surface area (Å²) in [6, 6.07) is 0. The van der Waals surface area contributed by atoms with Crippen LogP contribution in [0.5, 0.6) is 0 Å². The van der Waals surface area contributed by atoms with Crippen molar-refractivity contribution in [2.45, 2.75) is 72.9 Å². The quantitative estimate of drug-likeness (QED) is 0.165. The van der Waals surface area contributed by atoms with Gasteiger partial charge in [-0.1, -0.05) is 0 Å². The van der Waals surface area contributed by atoms with Crippen LogP contribution in [-0.4, -0.2) is 60.2 Å². The van der Waals surface area contributed by atoms with Gasteiger partial charge in [-0.25, -0.2) is 12.8 Å². The van der Waals surface area contributed by atoms with E-state index in [1.165, 1.54) is 0 Å². The van der Waals surface area contributed by atoms with Crippen molar-refractivity contribution in [3.63, 3.8) is 0 Å². The largest absolute Gasteiger partial charge is 1.00 e. The van der Waals surface area contributed by atoms with Gasteiger partial charge in [0.1, 0.15) is 0 Å². The Kier molecular flexibility index (Phi) is 11.2. The Morgan fingerprint density at radius 2 is 1.00 bits per heavy atom. The summed E-state index contributed by atoms with van der Waals surface area (Å²) in [5, 5.41) is -7.73. The zero-order valence-electron chi connectivity index (χ0n) is 15.6. The van der Waals surface area contributed by atoms with E-state index in [0.717, 1.165) is 0 Å². The summed E-state index contributed by atoms with van der Waals surface area (Å²) < 4.78 is 238. The molecule has 21 heteroatoms. The zero-order valence-corrected chi connectivity index (χ0v) is 19.5. The van der Waals surface area contributed by atoms with Gasteiger partial charge in [-0.2, -0.15) is 65.9 Å². The Morgan fingerprint density at radius 3 is 1.33 bits per heavy atom. The Bertz CT molecular complexity index is 763. The standard InChI is InChI=1S/C12H10F16O3S.K/c13-5(3-1-2-4-6(14,15)16)7(17,18)8(19,20)9(21,22)10(23,24)11(25,26)12(27,28)32(29,30)31;/h5H,1-4H2,(H,29,30,31);/q;+1/p-1. The van der Waals surface area contributed by atoms with Crippen LogP contribution in [0, 0.1) is 0 Å². The third kappa shape index (κ3) is 6.41. The van der Waals surface area contributed by atoms with E-state index in [2.05, 4.69) is 0 Å². The molecular weight excluding hydrogens is 567 g/mol. The van der Waals surface area contributed by atoms with E-state index < -0.39 is 83.0 Å². The predicted octanol–water partition coefficient (Wildman–Crippen LogP) is 2.77. The number of halogens is 16. The van der Waals surface area contributed by atoms with E-state index in [-0.39, 0.29) is 51.4 Å². The molecule has 194 valence electrons. The summed E-state index contributed by atoms with van der Waals surface area (Å²) in [4.78, 5) is 0. The van der Waals surface area contributed by atoms with Gasteiger partial charge in [0.15, 0.2) is 16.3 Å². The molecule has 0 saturated carbocycles. The molecule has 1 unspecified atom stereocenters. The van der Waals surface area contributed by atoms with Crippen molar-refractivity contribution >= 4 is 10.1 Å². The van der Waals surface area contributed by atoms with E-state index in [9.17, 15) is 83.2 Å². The molecule has 0 saturated heterocycles. The number of rotatable bonds is 11. The number of unbranched alkanes of at least 4 members (excludes halogenated alkanes) is 1. The number of hydrogen-bond acceptors (Lipinski definition) is 3. The van der Waals surface area contributed by atoms with Crippen molar-refractivity contribution in [1.29, 1.82) is 0 Å². The van der Waals surface area contributed by atoms with Crippen LogP contribution in [0.25, 0.3) is 0 Å². The maximum atomic E-state index is 13.4. The maximum absolute atomic E-state index is 13.4. The van der Waals surface area contributed by atoms with Gasteiger partial charge in [0, 0.05) is 6.42 Å². The number of hydrogen-bond donors (Lipinski definition) is 0. The van der Waals surface area contributed by atoms with E-state index in [0.29, 0.717) is 0 Å². The molecule has 0 spiro atoms. The van der Waals surface area contributed by atoms with Crippen molar-refractivity contribution in [3.8, 4) is 0 Å². The molecule has 0 aliphatic heterocycles. The molecule has 0 rings (SSSR count). The van der Waals surface area contributed by atoms with E-state index >= 15 is 0 Å². The summed E-state index contributed by atoms with van der Waals surface area (Å²) in [7, 11) is -7.97. The minimum atomic E-state index is -8.40. The molecule has 33 heavy (non-hydrogen) atoms. The summed E-state index contributed by atoms with van der Waals surface area (Å²) in [5.74, 6) is -40.0. The van der Waals surface area contributed by atoms with Gasteiger partial charge in [-0.15, -0.1) is 0 Å². The maximum Gasteiger partial charge on any atom is 1.00 e. The van der Waals surface area contributed by atoms with Crippen LogP contribution in [0.3, 0.4) is 0 Å².